The average molecular weight is 451 g/mol. The Hall–Kier alpha value is -2.69. The van der Waals surface area contributed by atoms with Crippen molar-refractivity contribution in [3.8, 4) is 11.4 Å². The maximum Gasteiger partial charge on any atom is 0.417 e. The lowest BCUT2D eigenvalue weighted by molar-refractivity contribution is -0.137. The molecule has 4 rings (SSSR count). The zero-order valence-electron chi connectivity index (χ0n) is 18.3. The van der Waals surface area contributed by atoms with E-state index in [2.05, 4.69) is 19.9 Å². The maximum absolute atomic E-state index is 13.8. The number of nitrogen functional groups attached to an aromatic ring is 1. The van der Waals surface area contributed by atoms with E-state index in [-0.39, 0.29) is 29.4 Å². The summed E-state index contributed by atoms with van der Waals surface area (Å²) in [5.41, 5.74) is 4.43. The number of nitrogens with zero attached hydrogens (tertiary/aromatic N) is 6. The van der Waals surface area contributed by atoms with E-state index in [1.54, 1.807) is 0 Å². The summed E-state index contributed by atoms with van der Waals surface area (Å²) in [6.07, 6.45) is 0.616. The summed E-state index contributed by atoms with van der Waals surface area (Å²) in [7, 11) is 0. The van der Waals surface area contributed by atoms with Gasteiger partial charge in [-0.2, -0.15) is 28.1 Å². The molecule has 2 aliphatic heterocycles. The molecule has 2 N–H and O–H groups in total. The molecule has 0 amide bonds. The van der Waals surface area contributed by atoms with E-state index in [4.69, 9.17) is 10.5 Å². The van der Waals surface area contributed by atoms with Crippen molar-refractivity contribution in [1.29, 1.82) is 0 Å². The largest absolute Gasteiger partial charge is 0.417 e. The second-order valence-electron chi connectivity index (χ2n) is 8.46. The Morgan fingerprint density at radius 3 is 2.41 bits per heavy atom. The minimum absolute atomic E-state index is 0.0231. The molecule has 4 heterocycles. The van der Waals surface area contributed by atoms with E-state index in [1.165, 1.54) is 0 Å². The fourth-order valence-corrected chi connectivity index (χ4v) is 4.08. The lowest BCUT2D eigenvalue weighted by Gasteiger charge is -2.37. The SMILES string of the molecule is C[C@@H]1CN(c2nc(-c3cnc(N)cc3C(F)(F)F)nc(N3CCCCCC3)n2)[C@@H](C)CO1. The number of ether oxygens (including phenoxy) is 1. The molecule has 0 bridgehead atoms. The second-order valence-corrected chi connectivity index (χ2v) is 8.46. The Labute approximate surface area is 185 Å². The summed E-state index contributed by atoms with van der Waals surface area (Å²) in [6.45, 7) is 6.46. The van der Waals surface area contributed by atoms with Gasteiger partial charge in [-0.05, 0) is 32.8 Å². The van der Waals surface area contributed by atoms with Crippen molar-refractivity contribution < 1.29 is 17.9 Å². The van der Waals surface area contributed by atoms with E-state index in [0.29, 0.717) is 25.0 Å². The molecule has 2 aliphatic rings. The Balaban J connectivity index is 1.84. The molecule has 8 nitrogen and oxygen atoms in total. The third-order valence-corrected chi connectivity index (χ3v) is 5.84. The number of pyridine rings is 1. The molecule has 2 fully saturated rings. The number of alkyl halides is 3. The van der Waals surface area contributed by atoms with Crippen LogP contribution in [0.4, 0.5) is 30.9 Å². The van der Waals surface area contributed by atoms with Gasteiger partial charge in [0, 0.05) is 25.8 Å². The molecule has 2 atom stereocenters. The van der Waals surface area contributed by atoms with Crippen LogP contribution in [0.1, 0.15) is 45.1 Å². The van der Waals surface area contributed by atoms with Crippen molar-refractivity contribution in [2.24, 2.45) is 0 Å². The van der Waals surface area contributed by atoms with E-state index in [0.717, 1.165) is 51.0 Å². The number of hydrogen-bond donors (Lipinski definition) is 1. The van der Waals surface area contributed by atoms with Crippen LogP contribution >= 0.6 is 0 Å². The smallest absolute Gasteiger partial charge is 0.384 e. The van der Waals surface area contributed by atoms with Crippen LogP contribution in [0.25, 0.3) is 11.4 Å². The van der Waals surface area contributed by atoms with Gasteiger partial charge in [-0.25, -0.2) is 4.98 Å². The van der Waals surface area contributed by atoms with Crippen molar-refractivity contribution in [3.63, 3.8) is 0 Å². The standard InChI is InChI=1S/C21H28F3N7O/c1-13-12-32-14(2)11-31(13)20-28-18(15-10-26-17(25)9-16(15)21(22,23)24)27-19(29-20)30-7-5-3-4-6-8-30/h9-10,13-14H,3-8,11-12H2,1-2H3,(H2,25,26)/t13-,14+/m0/s1. The van der Waals surface area contributed by atoms with Gasteiger partial charge in [0.05, 0.1) is 29.9 Å². The van der Waals surface area contributed by atoms with Gasteiger partial charge in [0.1, 0.15) is 5.82 Å². The van der Waals surface area contributed by atoms with Crippen LogP contribution in [0.5, 0.6) is 0 Å². The van der Waals surface area contributed by atoms with Crippen molar-refractivity contribution in [2.45, 2.75) is 57.9 Å². The normalized spacial score (nSPS) is 22.7. The minimum atomic E-state index is -4.62. The molecule has 32 heavy (non-hydrogen) atoms. The first-order valence-electron chi connectivity index (χ1n) is 10.9. The van der Waals surface area contributed by atoms with Crippen molar-refractivity contribution >= 4 is 17.7 Å². The van der Waals surface area contributed by atoms with Crippen LogP contribution in [0.3, 0.4) is 0 Å². The highest BCUT2D eigenvalue weighted by Gasteiger charge is 2.36. The zero-order chi connectivity index (χ0) is 22.9. The molecule has 2 aromatic rings. The Morgan fingerprint density at radius 1 is 1.03 bits per heavy atom. The highest BCUT2D eigenvalue weighted by molar-refractivity contribution is 5.64. The highest BCUT2D eigenvalue weighted by atomic mass is 19.4. The van der Waals surface area contributed by atoms with Crippen LogP contribution in [0, 0.1) is 0 Å². The predicted octanol–water partition coefficient (Wildman–Crippen LogP) is 3.53. The fourth-order valence-electron chi connectivity index (χ4n) is 4.08. The third-order valence-electron chi connectivity index (χ3n) is 5.84. The predicted molar refractivity (Wildman–Crippen MR) is 115 cm³/mol. The van der Waals surface area contributed by atoms with E-state index in [9.17, 15) is 13.2 Å². The monoisotopic (exact) mass is 451 g/mol. The average Bonchev–Trinajstić information content (AvgIpc) is 3.04. The number of anilines is 3. The van der Waals surface area contributed by atoms with Crippen molar-refractivity contribution in [1.82, 2.24) is 19.9 Å². The molecule has 0 radical (unpaired) electrons. The summed E-state index contributed by atoms with van der Waals surface area (Å²) in [4.78, 5) is 21.5. The molecule has 0 saturated carbocycles. The molecule has 2 aromatic heterocycles. The number of morpholine rings is 1. The molecular formula is C21H28F3N7O. The zero-order valence-corrected chi connectivity index (χ0v) is 18.3. The van der Waals surface area contributed by atoms with Gasteiger partial charge in [0.2, 0.25) is 11.9 Å². The molecule has 11 heteroatoms. The second kappa shape index (κ2) is 9.05. The summed E-state index contributed by atoms with van der Waals surface area (Å²) in [6, 6.07) is 0.800. The lowest BCUT2D eigenvalue weighted by Crippen LogP contribution is -2.48. The fraction of sp³-hybridized carbons (Fsp3) is 0.619. The van der Waals surface area contributed by atoms with E-state index < -0.39 is 11.7 Å². The molecule has 174 valence electrons. The number of nitrogens with two attached hydrogens (primary N) is 1. The van der Waals surface area contributed by atoms with Crippen molar-refractivity contribution in [3.05, 3.63) is 17.8 Å². The summed E-state index contributed by atoms with van der Waals surface area (Å²) in [5.74, 6) is 0.476. The minimum Gasteiger partial charge on any atom is -0.384 e. The summed E-state index contributed by atoms with van der Waals surface area (Å²) < 4.78 is 47.1. The Kier molecular flexibility index (Phi) is 6.36. The highest BCUT2D eigenvalue weighted by Crippen LogP contribution is 2.37. The molecule has 2 saturated heterocycles. The molecular weight excluding hydrogens is 423 g/mol. The molecule has 0 unspecified atom stereocenters. The van der Waals surface area contributed by atoms with Gasteiger partial charge in [-0.3, -0.25) is 0 Å². The molecule has 0 aliphatic carbocycles. The third kappa shape index (κ3) is 4.87. The van der Waals surface area contributed by atoms with Crippen molar-refractivity contribution in [2.75, 3.05) is 41.8 Å². The van der Waals surface area contributed by atoms with Crippen LogP contribution in [0.2, 0.25) is 0 Å². The van der Waals surface area contributed by atoms with Gasteiger partial charge < -0.3 is 20.3 Å². The number of halogens is 3. The maximum atomic E-state index is 13.8. The molecule has 0 aromatic carbocycles. The van der Waals surface area contributed by atoms with Crippen LogP contribution in [-0.2, 0) is 10.9 Å². The first-order valence-corrected chi connectivity index (χ1v) is 10.9. The van der Waals surface area contributed by atoms with Gasteiger partial charge in [0.15, 0.2) is 5.82 Å². The van der Waals surface area contributed by atoms with E-state index in [1.807, 2.05) is 23.6 Å². The van der Waals surface area contributed by atoms with Crippen LogP contribution < -0.4 is 15.5 Å². The van der Waals surface area contributed by atoms with Crippen LogP contribution in [0.15, 0.2) is 12.3 Å². The number of hydrogen-bond acceptors (Lipinski definition) is 8. The van der Waals surface area contributed by atoms with Crippen LogP contribution in [-0.4, -0.2) is 58.3 Å². The molecule has 0 spiro atoms. The quantitative estimate of drug-likeness (QED) is 0.758. The summed E-state index contributed by atoms with van der Waals surface area (Å²) >= 11 is 0. The van der Waals surface area contributed by atoms with Gasteiger partial charge in [-0.15, -0.1) is 0 Å². The number of aromatic nitrogens is 4. The summed E-state index contributed by atoms with van der Waals surface area (Å²) in [5, 5.41) is 0. The Bertz CT molecular complexity index is 947. The van der Waals surface area contributed by atoms with Gasteiger partial charge in [0.25, 0.3) is 0 Å². The van der Waals surface area contributed by atoms with E-state index >= 15 is 0 Å². The number of rotatable bonds is 3. The van der Waals surface area contributed by atoms with Gasteiger partial charge in [-0.1, -0.05) is 12.8 Å². The first-order chi connectivity index (χ1) is 15.2. The first kappa shape index (κ1) is 22.5. The van der Waals surface area contributed by atoms with Gasteiger partial charge >= 0.3 is 6.18 Å². The topological polar surface area (TPSA) is 93.3 Å². The Morgan fingerprint density at radius 2 is 1.72 bits per heavy atom. The lowest BCUT2D eigenvalue weighted by atomic mass is 10.1.